The van der Waals surface area contributed by atoms with Gasteiger partial charge in [-0.05, 0) is 24.0 Å². The summed E-state index contributed by atoms with van der Waals surface area (Å²) in [7, 11) is 0. The SMILES string of the molecule is NC(C(=O)O)C(S)(Cc1ccccc1)Cc1ccccc1. The molecule has 110 valence electrons. The Labute approximate surface area is 130 Å². The van der Waals surface area contributed by atoms with Crippen LogP contribution in [0.4, 0.5) is 0 Å². The third-order valence-electron chi connectivity index (χ3n) is 3.55. The molecule has 0 aliphatic rings. The van der Waals surface area contributed by atoms with Gasteiger partial charge >= 0.3 is 5.97 Å². The molecule has 1 atom stereocenters. The molecule has 3 N–H and O–H groups in total. The first-order valence-corrected chi connectivity index (χ1v) is 7.24. The highest BCUT2D eigenvalue weighted by molar-refractivity contribution is 7.82. The molecule has 2 rings (SSSR count). The molecule has 0 radical (unpaired) electrons. The van der Waals surface area contributed by atoms with Crippen LogP contribution in [0.25, 0.3) is 0 Å². The lowest BCUT2D eigenvalue weighted by Gasteiger charge is -2.32. The molecular weight excluding hydrogens is 282 g/mol. The third kappa shape index (κ3) is 4.09. The van der Waals surface area contributed by atoms with Crippen LogP contribution in [0.5, 0.6) is 0 Å². The van der Waals surface area contributed by atoms with Crippen molar-refractivity contribution in [3.63, 3.8) is 0 Å². The molecular formula is C17H19NO2S. The van der Waals surface area contributed by atoms with Crippen molar-refractivity contribution in [2.45, 2.75) is 23.6 Å². The van der Waals surface area contributed by atoms with E-state index in [2.05, 4.69) is 12.6 Å². The van der Waals surface area contributed by atoms with Crippen molar-refractivity contribution in [3.05, 3.63) is 71.8 Å². The van der Waals surface area contributed by atoms with Crippen LogP contribution < -0.4 is 5.73 Å². The zero-order valence-electron chi connectivity index (χ0n) is 11.6. The molecule has 0 aliphatic heterocycles. The number of hydrogen-bond acceptors (Lipinski definition) is 3. The van der Waals surface area contributed by atoms with Crippen molar-refractivity contribution >= 4 is 18.6 Å². The van der Waals surface area contributed by atoms with Crippen molar-refractivity contribution < 1.29 is 9.90 Å². The second-order valence-electron chi connectivity index (χ2n) is 5.24. The van der Waals surface area contributed by atoms with Gasteiger partial charge in [0, 0.05) is 4.75 Å². The highest BCUT2D eigenvalue weighted by Gasteiger charge is 2.38. The number of carboxylic acids is 1. The van der Waals surface area contributed by atoms with Crippen LogP contribution in [0.15, 0.2) is 60.7 Å². The molecule has 4 heteroatoms. The second-order valence-corrected chi connectivity index (χ2v) is 6.13. The van der Waals surface area contributed by atoms with Gasteiger partial charge in [0.05, 0.1) is 0 Å². The normalized spacial score (nSPS) is 12.9. The summed E-state index contributed by atoms with van der Waals surface area (Å²) in [4.78, 5) is 11.4. The van der Waals surface area contributed by atoms with E-state index in [9.17, 15) is 9.90 Å². The lowest BCUT2D eigenvalue weighted by Crippen LogP contribution is -2.52. The fourth-order valence-corrected chi connectivity index (χ4v) is 2.89. The smallest absolute Gasteiger partial charge is 0.321 e. The lowest BCUT2D eigenvalue weighted by molar-refractivity contribution is -0.139. The highest BCUT2D eigenvalue weighted by atomic mass is 32.1. The van der Waals surface area contributed by atoms with Crippen LogP contribution >= 0.6 is 12.6 Å². The van der Waals surface area contributed by atoms with Crippen LogP contribution in [-0.2, 0) is 17.6 Å². The summed E-state index contributed by atoms with van der Waals surface area (Å²) < 4.78 is -0.839. The number of rotatable bonds is 6. The van der Waals surface area contributed by atoms with E-state index in [-0.39, 0.29) is 0 Å². The Hall–Kier alpha value is -1.78. The number of aliphatic carboxylic acids is 1. The largest absolute Gasteiger partial charge is 0.480 e. The van der Waals surface area contributed by atoms with Crippen LogP contribution in [0.2, 0.25) is 0 Å². The van der Waals surface area contributed by atoms with Gasteiger partial charge in [-0.25, -0.2) is 0 Å². The van der Waals surface area contributed by atoms with Crippen LogP contribution in [0, 0.1) is 0 Å². The van der Waals surface area contributed by atoms with E-state index in [1.165, 1.54) is 0 Å². The van der Waals surface area contributed by atoms with E-state index >= 15 is 0 Å². The maximum absolute atomic E-state index is 11.4. The standard InChI is InChI=1S/C17H19NO2S/c18-15(16(19)20)17(21,11-13-7-3-1-4-8-13)12-14-9-5-2-6-10-14/h1-10,15,21H,11-12,18H2,(H,19,20). The molecule has 0 bridgehead atoms. The Morgan fingerprint density at radius 3 is 1.71 bits per heavy atom. The number of carboxylic acid groups (broad SMARTS) is 1. The highest BCUT2D eigenvalue weighted by Crippen LogP contribution is 2.29. The Bertz CT molecular complexity index is 545. The fourth-order valence-electron chi connectivity index (χ4n) is 2.41. The zero-order chi connectivity index (χ0) is 15.3. The molecule has 0 heterocycles. The summed E-state index contributed by atoms with van der Waals surface area (Å²) in [6, 6.07) is 18.4. The molecule has 0 aromatic heterocycles. The van der Waals surface area contributed by atoms with Crippen molar-refractivity contribution in [3.8, 4) is 0 Å². The maximum atomic E-state index is 11.4. The minimum absolute atomic E-state index is 0.499. The van der Waals surface area contributed by atoms with Crippen LogP contribution in [0.1, 0.15) is 11.1 Å². The van der Waals surface area contributed by atoms with Gasteiger partial charge in [-0.1, -0.05) is 60.7 Å². The number of benzene rings is 2. The molecule has 1 unspecified atom stereocenters. The minimum Gasteiger partial charge on any atom is -0.480 e. The molecule has 0 fully saturated rings. The summed E-state index contributed by atoms with van der Waals surface area (Å²) in [6.45, 7) is 0. The van der Waals surface area contributed by atoms with E-state index in [0.29, 0.717) is 12.8 Å². The molecule has 0 amide bonds. The molecule has 21 heavy (non-hydrogen) atoms. The van der Waals surface area contributed by atoms with Gasteiger partial charge in [0.2, 0.25) is 0 Å². The molecule has 2 aromatic rings. The number of carbonyl (C=O) groups is 1. The first-order valence-electron chi connectivity index (χ1n) is 6.80. The maximum Gasteiger partial charge on any atom is 0.321 e. The summed E-state index contributed by atoms with van der Waals surface area (Å²) in [5.41, 5.74) is 7.97. The van der Waals surface area contributed by atoms with Crippen molar-refractivity contribution in [1.82, 2.24) is 0 Å². The Morgan fingerprint density at radius 2 is 1.38 bits per heavy atom. The quantitative estimate of drug-likeness (QED) is 0.719. The average Bonchev–Trinajstić information content (AvgIpc) is 2.48. The van der Waals surface area contributed by atoms with Gasteiger partial charge in [0.25, 0.3) is 0 Å². The van der Waals surface area contributed by atoms with Crippen molar-refractivity contribution in [2.75, 3.05) is 0 Å². The minimum atomic E-state index is -1.04. The van der Waals surface area contributed by atoms with Crippen molar-refractivity contribution in [1.29, 1.82) is 0 Å². The summed E-state index contributed by atoms with van der Waals surface area (Å²) >= 11 is 4.67. The van der Waals surface area contributed by atoms with Crippen LogP contribution in [0.3, 0.4) is 0 Å². The van der Waals surface area contributed by atoms with E-state index in [0.717, 1.165) is 11.1 Å². The Morgan fingerprint density at radius 1 is 1.00 bits per heavy atom. The number of thiol groups is 1. The van der Waals surface area contributed by atoms with Gasteiger partial charge < -0.3 is 10.8 Å². The number of nitrogens with two attached hydrogens (primary N) is 1. The predicted molar refractivity (Wildman–Crippen MR) is 87.6 cm³/mol. The van der Waals surface area contributed by atoms with Gasteiger partial charge in [0.15, 0.2) is 0 Å². The van der Waals surface area contributed by atoms with Gasteiger partial charge in [-0.15, -0.1) is 0 Å². The molecule has 0 aliphatic carbocycles. The summed E-state index contributed by atoms with van der Waals surface area (Å²) in [6.07, 6.45) is 0.999. The van der Waals surface area contributed by atoms with Gasteiger partial charge in [-0.2, -0.15) is 12.6 Å². The Balaban J connectivity index is 2.28. The van der Waals surface area contributed by atoms with Gasteiger partial charge in [0.1, 0.15) is 6.04 Å². The first-order chi connectivity index (χ1) is 10.0. The molecule has 0 saturated heterocycles. The number of hydrogen-bond donors (Lipinski definition) is 3. The first kappa shape index (κ1) is 15.6. The van der Waals surface area contributed by atoms with E-state index in [1.54, 1.807) is 0 Å². The lowest BCUT2D eigenvalue weighted by atomic mass is 9.86. The molecule has 0 saturated carbocycles. The van der Waals surface area contributed by atoms with E-state index in [1.807, 2.05) is 60.7 Å². The van der Waals surface area contributed by atoms with Gasteiger partial charge in [-0.3, -0.25) is 4.79 Å². The average molecular weight is 301 g/mol. The third-order valence-corrected chi connectivity index (χ3v) is 4.15. The Kier molecular flexibility index (Phi) is 5.04. The van der Waals surface area contributed by atoms with E-state index in [4.69, 9.17) is 5.73 Å². The van der Waals surface area contributed by atoms with Crippen molar-refractivity contribution in [2.24, 2.45) is 5.73 Å². The summed E-state index contributed by atoms with van der Waals surface area (Å²) in [5, 5.41) is 9.30. The molecule has 3 nitrogen and oxygen atoms in total. The zero-order valence-corrected chi connectivity index (χ0v) is 12.5. The predicted octanol–water partition coefficient (Wildman–Crippen LogP) is 2.55. The molecule has 2 aromatic carbocycles. The second kappa shape index (κ2) is 6.78. The van der Waals surface area contributed by atoms with Crippen LogP contribution in [-0.4, -0.2) is 21.9 Å². The summed E-state index contributed by atoms with van der Waals surface area (Å²) in [5.74, 6) is -1.03. The topological polar surface area (TPSA) is 63.3 Å². The van der Waals surface area contributed by atoms with E-state index < -0.39 is 16.8 Å². The fraction of sp³-hybridized carbons (Fsp3) is 0.235. The molecule has 0 spiro atoms. The monoisotopic (exact) mass is 301 g/mol.